The van der Waals surface area contributed by atoms with Gasteiger partial charge in [-0.3, -0.25) is 4.90 Å². The first-order chi connectivity index (χ1) is 8.54. The van der Waals surface area contributed by atoms with Crippen LogP contribution in [0.3, 0.4) is 0 Å². The molecule has 0 saturated carbocycles. The monoisotopic (exact) mass is 269 g/mol. The molecule has 1 heterocycles. The number of allylic oxidation sites excluding steroid dienone is 3. The molecule has 1 fully saturated rings. The van der Waals surface area contributed by atoms with Gasteiger partial charge in [-0.15, -0.1) is 0 Å². The van der Waals surface area contributed by atoms with Crippen LogP contribution in [0.5, 0.6) is 0 Å². The highest BCUT2D eigenvalue weighted by Gasteiger charge is 2.13. The summed E-state index contributed by atoms with van der Waals surface area (Å²) in [7, 11) is 0. The Morgan fingerprint density at radius 1 is 1.39 bits per heavy atom. The lowest BCUT2D eigenvalue weighted by molar-refractivity contribution is 0.0425. The molecule has 1 saturated heterocycles. The van der Waals surface area contributed by atoms with E-state index in [4.69, 9.17) is 16.3 Å². The molecule has 0 amide bonds. The lowest BCUT2D eigenvalue weighted by Crippen LogP contribution is -2.37. The van der Waals surface area contributed by atoms with Crippen molar-refractivity contribution in [1.29, 1.82) is 0 Å². The van der Waals surface area contributed by atoms with Gasteiger partial charge in [0.25, 0.3) is 0 Å². The molecule has 1 aliphatic rings. The second-order valence-corrected chi connectivity index (χ2v) is 5.36. The summed E-state index contributed by atoms with van der Waals surface area (Å²) >= 11 is 6.12. The smallest absolute Gasteiger partial charge is 0.0594 e. The van der Waals surface area contributed by atoms with E-state index in [1.165, 1.54) is 5.57 Å². The van der Waals surface area contributed by atoms with Crippen LogP contribution >= 0.6 is 11.6 Å². The fourth-order valence-electron chi connectivity index (χ4n) is 1.99. The Kier molecular flexibility index (Phi) is 6.69. The van der Waals surface area contributed by atoms with Crippen LogP contribution in [0, 0.1) is 5.92 Å². The Hall–Kier alpha value is -0.570. The SMILES string of the molecule is C=C(Cl)/C(=C\C(=C/C)C(C)C)CN1CCOCC1. The van der Waals surface area contributed by atoms with Crippen LogP contribution in [0.25, 0.3) is 0 Å². The highest BCUT2D eigenvalue weighted by molar-refractivity contribution is 6.31. The summed E-state index contributed by atoms with van der Waals surface area (Å²) in [6, 6.07) is 0. The summed E-state index contributed by atoms with van der Waals surface area (Å²) in [5, 5.41) is 0.640. The zero-order chi connectivity index (χ0) is 13.5. The van der Waals surface area contributed by atoms with Crippen LogP contribution in [0.2, 0.25) is 0 Å². The van der Waals surface area contributed by atoms with Crippen LogP contribution in [-0.4, -0.2) is 37.7 Å². The second-order valence-electron chi connectivity index (χ2n) is 4.91. The quantitative estimate of drug-likeness (QED) is 0.707. The number of nitrogens with zero attached hydrogens (tertiary/aromatic N) is 1. The minimum Gasteiger partial charge on any atom is -0.379 e. The van der Waals surface area contributed by atoms with E-state index in [-0.39, 0.29) is 0 Å². The predicted molar refractivity (Wildman–Crippen MR) is 78.9 cm³/mol. The normalized spacial score (nSPS) is 19.4. The van der Waals surface area contributed by atoms with Gasteiger partial charge in [-0.25, -0.2) is 0 Å². The van der Waals surface area contributed by atoms with E-state index >= 15 is 0 Å². The van der Waals surface area contributed by atoms with Gasteiger partial charge in [0, 0.05) is 24.7 Å². The number of rotatable bonds is 5. The Morgan fingerprint density at radius 3 is 2.44 bits per heavy atom. The Bertz CT molecular complexity index is 338. The van der Waals surface area contributed by atoms with Gasteiger partial charge < -0.3 is 4.74 Å². The summed E-state index contributed by atoms with van der Waals surface area (Å²) in [5.41, 5.74) is 2.42. The van der Waals surface area contributed by atoms with E-state index in [1.807, 2.05) is 0 Å². The van der Waals surface area contributed by atoms with Crippen LogP contribution < -0.4 is 0 Å². The maximum Gasteiger partial charge on any atom is 0.0594 e. The van der Waals surface area contributed by atoms with Gasteiger partial charge in [-0.1, -0.05) is 44.2 Å². The van der Waals surface area contributed by atoms with Crippen molar-refractivity contribution in [3.63, 3.8) is 0 Å². The summed E-state index contributed by atoms with van der Waals surface area (Å²) in [6.45, 7) is 14.7. The highest BCUT2D eigenvalue weighted by Crippen LogP contribution is 2.20. The Labute approximate surface area is 116 Å². The first-order valence-electron chi connectivity index (χ1n) is 6.56. The first-order valence-corrected chi connectivity index (χ1v) is 6.94. The van der Waals surface area contributed by atoms with Crippen molar-refractivity contribution >= 4 is 11.6 Å². The maximum atomic E-state index is 6.12. The molecule has 1 aliphatic heterocycles. The van der Waals surface area contributed by atoms with Crippen molar-refractivity contribution < 1.29 is 4.74 Å². The third-order valence-electron chi connectivity index (χ3n) is 3.19. The Morgan fingerprint density at radius 2 is 2.00 bits per heavy atom. The lowest BCUT2D eigenvalue weighted by atomic mass is 10.00. The molecule has 0 radical (unpaired) electrons. The molecular formula is C15H24ClNO. The molecule has 1 rings (SSSR count). The molecule has 18 heavy (non-hydrogen) atoms. The molecule has 2 nitrogen and oxygen atoms in total. The van der Waals surface area contributed by atoms with Crippen LogP contribution in [0.15, 0.2) is 34.9 Å². The zero-order valence-electron chi connectivity index (χ0n) is 11.7. The third kappa shape index (κ3) is 4.97. The molecule has 0 aliphatic carbocycles. The van der Waals surface area contributed by atoms with Crippen LogP contribution in [-0.2, 0) is 4.74 Å². The highest BCUT2D eigenvalue weighted by atomic mass is 35.5. The molecular weight excluding hydrogens is 246 g/mol. The Balaban J connectivity index is 2.75. The summed E-state index contributed by atoms with van der Waals surface area (Å²) in [4.78, 5) is 2.36. The van der Waals surface area contributed by atoms with Gasteiger partial charge >= 0.3 is 0 Å². The molecule has 0 spiro atoms. The lowest BCUT2D eigenvalue weighted by Gasteiger charge is -2.27. The average molecular weight is 270 g/mol. The molecule has 0 aromatic carbocycles. The van der Waals surface area contributed by atoms with E-state index in [2.05, 4.69) is 44.4 Å². The van der Waals surface area contributed by atoms with Crippen molar-refractivity contribution in [3.05, 3.63) is 34.9 Å². The zero-order valence-corrected chi connectivity index (χ0v) is 12.5. The van der Waals surface area contributed by atoms with Gasteiger partial charge in [0.2, 0.25) is 0 Å². The van der Waals surface area contributed by atoms with Crippen molar-refractivity contribution in [2.24, 2.45) is 5.92 Å². The van der Waals surface area contributed by atoms with E-state index in [1.54, 1.807) is 0 Å². The van der Waals surface area contributed by atoms with E-state index in [0.717, 1.165) is 38.4 Å². The van der Waals surface area contributed by atoms with Gasteiger partial charge in [0.1, 0.15) is 0 Å². The van der Waals surface area contributed by atoms with Crippen LogP contribution in [0.4, 0.5) is 0 Å². The molecule has 0 aromatic heterocycles. The number of hydrogen-bond acceptors (Lipinski definition) is 2. The molecule has 3 heteroatoms. The summed E-state index contributed by atoms with van der Waals surface area (Å²) < 4.78 is 5.35. The minimum absolute atomic E-state index is 0.505. The molecule has 0 unspecified atom stereocenters. The van der Waals surface area contributed by atoms with E-state index in [9.17, 15) is 0 Å². The number of hydrogen-bond donors (Lipinski definition) is 0. The van der Waals surface area contributed by atoms with Crippen molar-refractivity contribution in [3.8, 4) is 0 Å². The number of halogens is 1. The van der Waals surface area contributed by atoms with E-state index in [0.29, 0.717) is 11.0 Å². The standard InChI is InChI=1S/C15H24ClNO/c1-5-14(12(2)3)10-15(13(4)16)11-17-6-8-18-9-7-17/h5,10,12H,4,6-9,11H2,1-3H3/b14-5+,15-10-. The first kappa shape index (κ1) is 15.5. The molecule has 0 aromatic rings. The largest absolute Gasteiger partial charge is 0.379 e. The van der Waals surface area contributed by atoms with Gasteiger partial charge in [0.15, 0.2) is 0 Å². The number of morpholine rings is 1. The second kappa shape index (κ2) is 7.78. The topological polar surface area (TPSA) is 12.5 Å². The number of ether oxygens (including phenoxy) is 1. The van der Waals surface area contributed by atoms with Crippen molar-refractivity contribution in [2.75, 3.05) is 32.8 Å². The minimum atomic E-state index is 0.505. The third-order valence-corrected chi connectivity index (χ3v) is 3.43. The maximum absolute atomic E-state index is 6.12. The van der Waals surface area contributed by atoms with Gasteiger partial charge in [0.05, 0.1) is 13.2 Å². The summed E-state index contributed by atoms with van der Waals surface area (Å²) in [6.07, 6.45) is 4.32. The van der Waals surface area contributed by atoms with Gasteiger partial charge in [-0.05, 0) is 24.0 Å². The predicted octanol–water partition coefficient (Wildman–Crippen LogP) is 3.60. The van der Waals surface area contributed by atoms with Crippen LogP contribution in [0.1, 0.15) is 20.8 Å². The average Bonchev–Trinajstić information content (AvgIpc) is 2.34. The van der Waals surface area contributed by atoms with E-state index < -0.39 is 0 Å². The molecule has 0 atom stereocenters. The summed E-state index contributed by atoms with van der Waals surface area (Å²) in [5.74, 6) is 0.505. The van der Waals surface area contributed by atoms with Gasteiger partial charge in [-0.2, -0.15) is 0 Å². The fraction of sp³-hybridized carbons (Fsp3) is 0.600. The molecule has 102 valence electrons. The molecule has 0 bridgehead atoms. The van der Waals surface area contributed by atoms with Crippen molar-refractivity contribution in [2.45, 2.75) is 20.8 Å². The van der Waals surface area contributed by atoms with Crippen molar-refractivity contribution in [1.82, 2.24) is 4.90 Å². The molecule has 0 N–H and O–H groups in total. The fourth-order valence-corrected chi connectivity index (χ4v) is 2.11.